The molecule has 0 aromatic heterocycles. The van der Waals surface area contributed by atoms with Gasteiger partial charge in [0.1, 0.15) is 0 Å². The van der Waals surface area contributed by atoms with Crippen LogP contribution in [0.1, 0.15) is 22.8 Å². The van der Waals surface area contributed by atoms with Gasteiger partial charge in [0.05, 0.1) is 5.56 Å². The van der Waals surface area contributed by atoms with Crippen molar-refractivity contribution in [3.8, 4) is 0 Å². The molecule has 0 unspecified atom stereocenters. The molecule has 0 atom stereocenters. The summed E-state index contributed by atoms with van der Waals surface area (Å²) in [6.07, 6.45) is 0. The predicted molar refractivity (Wildman–Crippen MR) is 93.9 cm³/mol. The van der Waals surface area contributed by atoms with Crippen molar-refractivity contribution in [3.63, 3.8) is 0 Å². The molecule has 2 amide bonds. The Hall–Kier alpha value is -3.15. The first-order valence-electron chi connectivity index (χ1n) is 7.78. The minimum absolute atomic E-state index is 0.233. The first kappa shape index (κ1) is 18.2. The van der Waals surface area contributed by atoms with Crippen molar-refractivity contribution >= 4 is 23.5 Å². The number of carbonyl (C=O) groups is 3. The number of nitrogens with one attached hydrogen (secondary N) is 1. The van der Waals surface area contributed by atoms with Crippen molar-refractivity contribution in [2.75, 3.05) is 19.0 Å². The van der Waals surface area contributed by atoms with E-state index in [0.717, 1.165) is 5.56 Å². The van der Waals surface area contributed by atoms with Crippen molar-refractivity contribution in [2.24, 2.45) is 0 Å². The fraction of sp³-hybridized carbons (Fsp3) is 0.211. The number of esters is 1. The van der Waals surface area contributed by atoms with E-state index in [1.165, 1.54) is 17.9 Å². The maximum absolute atomic E-state index is 12.1. The smallest absolute Gasteiger partial charge is 0.338 e. The number of amides is 2. The van der Waals surface area contributed by atoms with Gasteiger partial charge in [-0.05, 0) is 23.8 Å². The molecule has 2 aromatic rings. The lowest BCUT2D eigenvalue weighted by atomic mass is 10.2. The summed E-state index contributed by atoms with van der Waals surface area (Å²) in [7, 11) is 1.65. The van der Waals surface area contributed by atoms with Crippen LogP contribution in [-0.2, 0) is 20.9 Å². The van der Waals surface area contributed by atoms with Crippen molar-refractivity contribution < 1.29 is 19.1 Å². The molecule has 6 heteroatoms. The largest absolute Gasteiger partial charge is 0.452 e. The number of benzene rings is 2. The molecule has 0 spiro atoms. The van der Waals surface area contributed by atoms with Crippen LogP contribution in [0.3, 0.4) is 0 Å². The van der Waals surface area contributed by atoms with E-state index in [4.69, 9.17) is 4.74 Å². The number of carbonyl (C=O) groups excluding carboxylic acids is 3. The summed E-state index contributed by atoms with van der Waals surface area (Å²) >= 11 is 0. The SMILES string of the molecule is CC(=O)Nc1cccc(C(=O)OCC(=O)N(C)Cc2ccccc2)c1. The monoisotopic (exact) mass is 340 g/mol. The number of rotatable bonds is 6. The quantitative estimate of drug-likeness (QED) is 0.820. The summed E-state index contributed by atoms with van der Waals surface area (Å²) in [5, 5.41) is 2.59. The first-order valence-corrected chi connectivity index (χ1v) is 7.78. The Kier molecular flexibility index (Phi) is 6.28. The molecular weight excluding hydrogens is 320 g/mol. The Labute approximate surface area is 146 Å². The van der Waals surface area contributed by atoms with Crippen LogP contribution in [0.5, 0.6) is 0 Å². The number of likely N-dealkylation sites (N-methyl/N-ethyl adjacent to an activating group) is 1. The second-order valence-corrected chi connectivity index (χ2v) is 5.57. The van der Waals surface area contributed by atoms with Gasteiger partial charge in [-0.15, -0.1) is 0 Å². The molecule has 0 aliphatic rings. The zero-order valence-electron chi connectivity index (χ0n) is 14.2. The van der Waals surface area contributed by atoms with Gasteiger partial charge >= 0.3 is 5.97 Å². The van der Waals surface area contributed by atoms with Gasteiger partial charge in [-0.1, -0.05) is 36.4 Å². The summed E-state index contributed by atoms with van der Waals surface area (Å²) in [5.41, 5.74) is 1.76. The van der Waals surface area contributed by atoms with Crippen LogP contribution in [0.15, 0.2) is 54.6 Å². The molecule has 0 aliphatic carbocycles. The summed E-state index contributed by atoms with van der Waals surface area (Å²) in [6, 6.07) is 15.9. The zero-order valence-corrected chi connectivity index (χ0v) is 14.2. The lowest BCUT2D eigenvalue weighted by molar-refractivity contribution is -0.133. The maximum Gasteiger partial charge on any atom is 0.338 e. The van der Waals surface area contributed by atoms with E-state index < -0.39 is 5.97 Å². The molecule has 0 radical (unpaired) electrons. The van der Waals surface area contributed by atoms with Gasteiger partial charge in [-0.25, -0.2) is 4.79 Å². The van der Waals surface area contributed by atoms with Crippen LogP contribution in [0.2, 0.25) is 0 Å². The van der Waals surface area contributed by atoms with Crippen LogP contribution < -0.4 is 5.32 Å². The van der Waals surface area contributed by atoms with Gasteiger partial charge in [0, 0.05) is 26.2 Å². The van der Waals surface area contributed by atoms with Crippen molar-refractivity contribution in [3.05, 3.63) is 65.7 Å². The molecule has 25 heavy (non-hydrogen) atoms. The van der Waals surface area contributed by atoms with E-state index in [1.807, 2.05) is 30.3 Å². The van der Waals surface area contributed by atoms with Crippen LogP contribution in [-0.4, -0.2) is 36.3 Å². The maximum atomic E-state index is 12.1. The van der Waals surface area contributed by atoms with Crippen LogP contribution in [0.4, 0.5) is 5.69 Å². The Morgan fingerprint density at radius 1 is 1.04 bits per heavy atom. The fourth-order valence-electron chi connectivity index (χ4n) is 2.19. The Morgan fingerprint density at radius 2 is 1.76 bits per heavy atom. The highest BCUT2D eigenvalue weighted by atomic mass is 16.5. The van der Waals surface area contributed by atoms with E-state index >= 15 is 0 Å². The zero-order chi connectivity index (χ0) is 18.2. The van der Waals surface area contributed by atoms with E-state index in [-0.39, 0.29) is 24.0 Å². The van der Waals surface area contributed by atoms with Crippen LogP contribution in [0, 0.1) is 0 Å². The normalized spacial score (nSPS) is 10.0. The van der Waals surface area contributed by atoms with Crippen molar-refractivity contribution in [2.45, 2.75) is 13.5 Å². The lowest BCUT2D eigenvalue weighted by Gasteiger charge is -2.17. The summed E-state index contributed by atoms with van der Waals surface area (Å²) in [5.74, 6) is -1.15. The highest BCUT2D eigenvalue weighted by Crippen LogP contribution is 2.12. The van der Waals surface area contributed by atoms with E-state index in [2.05, 4.69) is 5.32 Å². The number of hydrogen-bond donors (Lipinski definition) is 1. The van der Waals surface area contributed by atoms with Crippen molar-refractivity contribution in [1.29, 1.82) is 0 Å². The number of hydrogen-bond acceptors (Lipinski definition) is 4. The lowest BCUT2D eigenvalue weighted by Crippen LogP contribution is -2.30. The molecule has 6 nitrogen and oxygen atoms in total. The standard InChI is InChI=1S/C19H20N2O4/c1-14(22)20-17-10-6-9-16(11-17)19(24)25-13-18(23)21(2)12-15-7-4-3-5-8-15/h3-11H,12-13H2,1-2H3,(H,20,22). The summed E-state index contributed by atoms with van der Waals surface area (Å²) < 4.78 is 5.07. The molecule has 2 rings (SSSR count). The Balaban J connectivity index is 1.88. The third-order valence-electron chi connectivity index (χ3n) is 3.43. The number of ether oxygens (including phenoxy) is 1. The molecule has 0 fully saturated rings. The van der Waals surface area contributed by atoms with Crippen molar-refractivity contribution in [1.82, 2.24) is 4.90 Å². The molecule has 0 bridgehead atoms. The first-order chi connectivity index (χ1) is 12.0. The minimum atomic E-state index is -0.617. The molecule has 0 aliphatic heterocycles. The van der Waals surface area contributed by atoms with E-state index in [9.17, 15) is 14.4 Å². The third-order valence-corrected chi connectivity index (χ3v) is 3.43. The molecular formula is C19H20N2O4. The van der Waals surface area contributed by atoms with E-state index in [1.54, 1.807) is 25.2 Å². The highest BCUT2D eigenvalue weighted by molar-refractivity contribution is 5.94. The second kappa shape index (κ2) is 8.63. The summed E-state index contributed by atoms with van der Waals surface area (Å²) in [6.45, 7) is 1.48. The van der Waals surface area contributed by atoms with Crippen LogP contribution >= 0.6 is 0 Å². The van der Waals surface area contributed by atoms with Crippen LogP contribution in [0.25, 0.3) is 0 Å². The van der Waals surface area contributed by atoms with Gasteiger partial charge in [0.2, 0.25) is 5.91 Å². The minimum Gasteiger partial charge on any atom is -0.452 e. The Bertz CT molecular complexity index is 759. The topological polar surface area (TPSA) is 75.7 Å². The highest BCUT2D eigenvalue weighted by Gasteiger charge is 2.14. The predicted octanol–water partition coefficient (Wildman–Crippen LogP) is 2.46. The van der Waals surface area contributed by atoms with E-state index in [0.29, 0.717) is 12.2 Å². The van der Waals surface area contributed by atoms with Gasteiger partial charge in [-0.3, -0.25) is 9.59 Å². The fourth-order valence-corrected chi connectivity index (χ4v) is 2.19. The molecule has 0 heterocycles. The van der Waals surface area contributed by atoms with Gasteiger partial charge in [0.15, 0.2) is 6.61 Å². The Morgan fingerprint density at radius 3 is 2.44 bits per heavy atom. The molecule has 0 saturated carbocycles. The second-order valence-electron chi connectivity index (χ2n) is 5.57. The number of anilines is 1. The van der Waals surface area contributed by atoms with Gasteiger partial charge in [-0.2, -0.15) is 0 Å². The molecule has 0 saturated heterocycles. The van der Waals surface area contributed by atoms with Gasteiger partial charge < -0.3 is 15.0 Å². The average Bonchev–Trinajstić information content (AvgIpc) is 2.59. The average molecular weight is 340 g/mol. The molecule has 130 valence electrons. The molecule has 1 N–H and O–H groups in total. The van der Waals surface area contributed by atoms with Gasteiger partial charge in [0.25, 0.3) is 5.91 Å². The third kappa shape index (κ3) is 5.76. The molecule has 2 aromatic carbocycles. The number of nitrogens with zero attached hydrogens (tertiary/aromatic N) is 1. The summed E-state index contributed by atoms with van der Waals surface area (Å²) in [4.78, 5) is 36.7.